The highest BCUT2D eigenvalue weighted by molar-refractivity contribution is 5.42. The van der Waals surface area contributed by atoms with Crippen LogP contribution in [0.25, 0.3) is 0 Å². The van der Waals surface area contributed by atoms with Crippen molar-refractivity contribution in [3.63, 3.8) is 0 Å². The monoisotopic (exact) mass is 266 g/mol. The topological polar surface area (TPSA) is 47.7 Å². The van der Waals surface area contributed by atoms with Crippen molar-refractivity contribution < 1.29 is 9.47 Å². The molecule has 19 heavy (non-hydrogen) atoms. The quantitative estimate of drug-likeness (QED) is 0.785. The lowest BCUT2D eigenvalue weighted by Crippen LogP contribution is -2.32. The second kappa shape index (κ2) is 8.02. The van der Waals surface area contributed by atoms with E-state index in [2.05, 4.69) is 18.7 Å². The molecule has 1 atom stereocenters. The molecule has 0 spiro atoms. The van der Waals surface area contributed by atoms with Crippen LogP contribution < -0.4 is 15.2 Å². The van der Waals surface area contributed by atoms with Crippen LogP contribution in [0, 0.1) is 0 Å². The van der Waals surface area contributed by atoms with Crippen LogP contribution in [0.5, 0.6) is 11.5 Å². The number of hydrogen-bond acceptors (Lipinski definition) is 4. The number of likely N-dealkylation sites (N-methyl/N-ethyl adjacent to an activating group) is 1. The van der Waals surface area contributed by atoms with Crippen LogP contribution >= 0.6 is 0 Å². The van der Waals surface area contributed by atoms with Gasteiger partial charge in [0.05, 0.1) is 14.2 Å². The third-order valence-corrected chi connectivity index (χ3v) is 3.28. The van der Waals surface area contributed by atoms with E-state index in [1.165, 1.54) is 0 Å². The van der Waals surface area contributed by atoms with Crippen molar-refractivity contribution in [2.75, 3.05) is 33.9 Å². The maximum atomic E-state index is 6.32. The van der Waals surface area contributed by atoms with Gasteiger partial charge in [0.25, 0.3) is 0 Å². The van der Waals surface area contributed by atoms with Crippen LogP contribution in [0.1, 0.15) is 31.9 Å². The van der Waals surface area contributed by atoms with Crippen LogP contribution in [-0.2, 0) is 0 Å². The summed E-state index contributed by atoms with van der Waals surface area (Å²) in [6, 6.07) is 5.68. The van der Waals surface area contributed by atoms with Gasteiger partial charge in [-0.1, -0.05) is 13.8 Å². The van der Waals surface area contributed by atoms with Gasteiger partial charge in [0.1, 0.15) is 11.5 Å². The largest absolute Gasteiger partial charge is 0.497 e. The Bertz CT molecular complexity index is 382. The summed E-state index contributed by atoms with van der Waals surface area (Å²) in [5.41, 5.74) is 7.32. The fourth-order valence-electron chi connectivity index (χ4n) is 2.20. The summed E-state index contributed by atoms with van der Waals surface area (Å²) < 4.78 is 10.6. The minimum Gasteiger partial charge on any atom is -0.497 e. The summed E-state index contributed by atoms with van der Waals surface area (Å²) in [4.78, 5) is 2.35. The first-order chi connectivity index (χ1) is 9.15. The molecule has 0 heterocycles. The maximum absolute atomic E-state index is 6.32. The van der Waals surface area contributed by atoms with Gasteiger partial charge in [0, 0.05) is 18.2 Å². The highest BCUT2D eigenvalue weighted by atomic mass is 16.5. The van der Waals surface area contributed by atoms with E-state index in [9.17, 15) is 0 Å². The number of ether oxygens (including phenoxy) is 2. The zero-order valence-electron chi connectivity index (χ0n) is 12.5. The molecule has 2 N–H and O–H groups in total. The second-order valence-corrected chi connectivity index (χ2v) is 4.61. The van der Waals surface area contributed by atoms with Crippen LogP contribution in [0.4, 0.5) is 0 Å². The van der Waals surface area contributed by atoms with Crippen molar-refractivity contribution in [1.29, 1.82) is 0 Å². The molecule has 0 amide bonds. The Balaban J connectivity index is 2.87. The summed E-state index contributed by atoms with van der Waals surface area (Å²) in [7, 11) is 3.33. The lowest BCUT2D eigenvalue weighted by molar-refractivity contribution is 0.268. The molecule has 0 aliphatic heterocycles. The number of methoxy groups -OCH3 is 2. The highest BCUT2D eigenvalue weighted by Crippen LogP contribution is 2.28. The standard InChI is InChI=1S/C15H26N2O2/c1-5-9-17(6-2)11-14(16)13-10-12(18-3)7-8-15(13)19-4/h7-8,10,14H,5-6,9,11,16H2,1-4H3. The number of nitrogens with two attached hydrogens (primary N) is 1. The van der Waals surface area contributed by atoms with Crippen LogP contribution in [-0.4, -0.2) is 38.8 Å². The summed E-state index contributed by atoms with van der Waals surface area (Å²) in [5, 5.41) is 0. The van der Waals surface area contributed by atoms with E-state index in [0.29, 0.717) is 0 Å². The van der Waals surface area contributed by atoms with E-state index in [0.717, 1.165) is 43.1 Å². The predicted octanol–water partition coefficient (Wildman–Crippen LogP) is 2.44. The fraction of sp³-hybridized carbons (Fsp3) is 0.600. The molecule has 4 heteroatoms. The Kier molecular flexibility index (Phi) is 6.67. The maximum Gasteiger partial charge on any atom is 0.123 e. The molecule has 0 saturated carbocycles. The minimum absolute atomic E-state index is 0.0726. The molecule has 0 bridgehead atoms. The summed E-state index contributed by atoms with van der Waals surface area (Å²) in [6.45, 7) is 7.24. The molecule has 1 aromatic rings. The molecule has 0 radical (unpaired) electrons. The lowest BCUT2D eigenvalue weighted by Gasteiger charge is -2.25. The Morgan fingerprint density at radius 3 is 2.47 bits per heavy atom. The van der Waals surface area contributed by atoms with Crippen molar-refractivity contribution in [1.82, 2.24) is 4.90 Å². The molecule has 108 valence electrons. The molecule has 0 aliphatic rings. The van der Waals surface area contributed by atoms with Gasteiger partial charge in [0.2, 0.25) is 0 Å². The molecule has 0 saturated heterocycles. The van der Waals surface area contributed by atoms with Crippen LogP contribution in [0.3, 0.4) is 0 Å². The lowest BCUT2D eigenvalue weighted by atomic mass is 10.1. The Morgan fingerprint density at radius 1 is 1.21 bits per heavy atom. The van der Waals surface area contributed by atoms with E-state index < -0.39 is 0 Å². The van der Waals surface area contributed by atoms with Gasteiger partial charge in [0.15, 0.2) is 0 Å². The molecular weight excluding hydrogens is 240 g/mol. The van der Waals surface area contributed by atoms with Crippen LogP contribution in [0.15, 0.2) is 18.2 Å². The van der Waals surface area contributed by atoms with E-state index >= 15 is 0 Å². The average Bonchev–Trinajstić information content (AvgIpc) is 2.45. The van der Waals surface area contributed by atoms with Crippen molar-refractivity contribution in [2.24, 2.45) is 5.73 Å². The summed E-state index contributed by atoms with van der Waals surface area (Å²) in [5.74, 6) is 1.63. The third kappa shape index (κ3) is 4.40. The van der Waals surface area contributed by atoms with Crippen LogP contribution in [0.2, 0.25) is 0 Å². The first-order valence-corrected chi connectivity index (χ1v) is 6.86. The zero-order valence-corrected chi connectivity index (χ0v) is 12.5. The van der Waals surface area contributed by atoms with E-state index in [-0.39, 0.29) is 6.04 Å². The smallest absolute Gasteiger partial charge is 0.123 e. The number of hydrogen-bond donors (Lipinski definition) is 1. The Hall–Kier alpha value is -1.26. The van der Waals surface area contributed by atoms with E-state index in [1.54, 1.807) is 14.2 Å². The van der Waals surface area contributed by atoms with Gasteiger partial charge < -0.3 is 20.1 Å². The third-order valence-electron chi connectivity index (χ3n) is 3.28. The Morgan fingerprint density at radius 2 is 1.95 bits per heavy atom. The number of nitrogens with zero attached hydrogens (tertiary/aromatic N) is 1. The molecule has 1 unspecified atom stereocenters. The van der Waals surface area contributed by atoms with Gasteiger partial charge in [-0.2, -0.15) is 0 Å². The Labute approximate surface area is 116 Å². The molecule has 4 nitrogen and oxygen atoms in total. The predicted molar refractivity (Wildman–Crippen MR) is 78.9 cm³/mol. The fourth-order valence-corrected chi connectivity index (χ4v) is 2.20. The van der Waals surface area contributed by atoms with Gasteiger partial charge in [-0.25, -0.2) is 0 Å². The van der Waals surface area contributed by atoms with E-state index in [1.807, 2.05) is 18.2 Å². The van der Waals surface area contributed by atoms with Gasteiger partial charge in [-0.15, -0.1) is 0 Å². The molecule has 1 rings (SSSR count). The molecular formula is C15H26N2O2. The van der Waals surface area contributed by atoms with Crippen molar-refractivity contribution in [3.05, 3.63) is 23.8 Å². The number of rotatable bonds is 8. The van der Waals surface area contributed by atoms with Gasteiger partial charge in [-0.3, -0.25) is 0 Å². The molecule has 0 aromatic heterocycles. The highest BCUT2D eigenvalue weighted by Gasteiger charge is 2.15. The van der Waals surface area contributed by atoms with E-state index in [4.69, 9.17) is 15.2 Å². The molecule has 1 aromatic carbocycles. The van der Waals surface area contributed by atoms with Crippen molar-refractivity contribution in [3.8, 4) is 11.5 Å². The minimum atomic E-state index is -0.0726. The summed E-state index contributed by atoms with van der Waals surface area (Å²) >= 11 is 0. The normalized spacial score (nSPS) is 12.5. The first kappa shape index (κ1) is 15.8. The molecule has 0 aliphatic carbocycles. The van der Waals surface area contributed by atoms with Crippen molar-refractivity contribution in [2.45, 2.75) is 26.3 Å². The summed E-state index contributed by atoms with van der Waals surface area (Å²) in [6.07, 6.45) is 1.13. The van der Waals surface area contributed by atoms with Gasteiger partial charge in [-0.05, 0) is 37.7 Å². The molecule has 0 fully saturated rings. The number of benzene rings is 1. The zero-order chi connectivity index (χ0) is 14.3. The van der Waals surface area contributed by atoms with Crippen molar-refractivity contribution >= 4 is 0 Å². The SMILES string of the molecule is CCCN(CC)CC(N)c1cc(OC)ccc1OC. The first-order valence-electron chi connectivity index (χ1n) is 6.86. The average molecular weight is 266 g/mol. The van der Waals surface area contributed by atoms with Gasteiger partial charge >= 0.3 is 0 Å². The second-order valence-electron chi connectivity index (χ2n) is 4.61.